The summed E-state index contributed by atoms with van der Waals surface area (Å²) in [7, 11) is 0. The third kappa shape index (κ3) is 2.97. The van der Waals surface area contributed by atoms with E-state index in [0.717, 1.165) is 5.69 Å². The molecular formula is C14H10N4O2. The van der Waals surface area contributed by atoms with E-state index < -0.39 is 4.92 Å². The molecule has 0 amide bonds. The van der Waals surface area contributed by atoms with Gasteiger partial charge in [0.2, 0.25) is 0 Å². The topological polar surface area (TPSA) is 91.3 Å². The number of nitrogens with one attached hydrogen (secondary N) is 1. The maximum Gasteiger partial charge on any atom is 0.295 e. The Labute approximate surface area is 115 Å². The molecule has 1 N–H and O–H groups in total. The standard InChI is InChI=1S/C14H10N4O2/c15-9-11-5-4-6-12(14(11)18(19)20)10-16-17-13-7-2-1-3-8-13/h1-8,10,17H. The van der Waals surface area contributed by atoms with Crippen LogP contribution in [0.1, 0.15) is 11.1 Å². The zero-order valence-corrected chi connectivity index (χ0v) is 10.4. The van der Waals surface area contributed by atoms with Crippen molar-refractivity contribution in [2.45, 2.75) is 0 Å². The molecule has 0 radical (unpaired) electrons. The average molecular weight is 266 g/mol. The van der Waals surface area contributed by atoms with Gasteiger partial charge in [-0.25, -0.2) is 0 Å². The molecule has 0 aliphatic carbocycles. The summed E-state index contributed by atoms with van der Waals surface area (Å²) < 4.78 is 0. The first-order valence-electron chi connectivity index (χ1n) is 5.74. The Hall–Kier alpha value is -3.20. The minimum Gasteiger partial charge on any atom is -0.279 e. The number of hydrogen-bond donors (Lipinski definition) is 1. The lowest BCUT2D eigenvalue weighted by molar-refractivity contribution is -0.385. The zero-order chi connectivity index (χ0) is 14.4. The van der Waals surface area contributed by atoms with Crippen LogP contribution < -0.4 is 5.43 Å². The van der Waals surface area contributed by atoms with E-state index in [4.69, 9.17) is 5.26 Å². The highest BCUT2D eigenvalue weighted by Crippen LogP contribution is 2.21. The highest BCUT2D eigenvalue weighted by molar-refractivity contribution is 5.87. The quantitative estimate of drug-likeness (QED) is 0.523. The fraction of sp³-hybridized carbons (Fsp3) is 0. The second-order valence-electron chi connectivity index (χ2n) is 3.85. The first-order valence-corrected chi connectivity index (χ1v) is 5.74. The van der Waals surface area contributed by atoms with Crippen LogP contribution in [0, 0.1) is 21.4 Å². The minimum atomic E-state index is -0.581. The van der Waals surface area contributed by atoms with Gasteiger partial charge in [0.15, 0.2) is 0 Å². The minimum absolute atomic E-state index is 0.0126. The first kappa shape index (κ1) is 13.2. The lowest BCUT2D eigenvalue weighted by Gasteiger charge is -2.00. The van der Waals surface area contributed by atoms with Crippen LogP contribution in [0.5, 0.6) is 0 Å². The largest absolute Gasteiger partial charge is 0.295 e. The van der Waals surface area contributed by atoms with Crippen molar-refractivity contribution in [1.29, 1.82) is 5.26 Å². The van der Waals surface area contributed by atoms with Crippen LogP contribution in [-0.2, 0) is 0 Å². The summed E-state index contributed by atoms with van der Waals surface area (Å²) in [6, 6.07) is 15.5. The van der Waals surface area contributed by atoms with Crippen molar-refractivity contribution in [2.24, 2.45) is 5.10 Å². The molecule has 0 aliphatic heterocycles. The Morgan fingerprint density at radius 3 is 2.60 bits per heavy atom. The molecule has 0 aromatic heterocycles. The summed E-state index contributed by atoms with van der Waals surface area (Å²) in [6.07, 6.45) is 1.33. The number of nitro benzene ring substituents is 1. The third-order valence-electron chi connectivity index (χ3n) is 2.54. The molecule has 0 atom stereocenters. The summed E-state index contributed by atoms with van der Waals surface area (Å²) in [5, 5.41) is 23.8. The molecule has 0 bridgehead atoms. The molecule has 0 saturated heterocycles. The normalized spacial score (nSPS) is 10.2. The number of nitrogens with zero attached hydrogens (tertiary/aromatic N) is 3. The maximum absolute atomic E-state index is 11.0. The van der Waals surface area contributed by atoms with Gasteiger partial charge in [-0.2, -0.15) is 10.4 Å². The van der Waals surface area contributed by atoms with Crippen molar-refractivity contribution in [3.8, 4) is 6.07 Å². The third-order valence-corrected chi connectivity index (χ3v) is 2.54. The van der Waals surface area contributed by atoms with Gasteiger partial charge in [-0.15, -0.1) is 0 Å². The van der Waals surface area contributed by atoms with Crippen LogP contribution in [-0.4, -0.2) is 11.1 Å². The molecule has 98 valence electrons. The van der Waals surface area contributed by atoms with E-state index in [0.29, 0.717) is 0 Å². The second kappa shape index (κ2) is 6.11. The van der Waals surface area contributed by atoms with Gasteiger partial charge in [0.1, 0.15) is 11.6 Å². The summed E-state index contributed by atoms with van der Waals surface area (Å²) in [5.74, 6) is 0. The molecule has 2 aromatic carbocycles. The lowest BCUT2D eigenvalue weighted by Crippen LogP contribution is -1.99. The molecule has 6 nitrogen and oxygen atoms in total. The smallest absolute Gasteiger partial charge is 0.279 e. The Morgan fingerprint density at radius 2 is 1.95 bits per heavy atom. The lowest BCUT2D eigenvalue weighted by atomic mass is 10.1. The molecule has 0 aliphatic rings. The predicted octanol–water partition coefficient (Wildman–Crippen LogP) is 2.91. The Morgan fingerprint density at radius 1 is 1.20 bits per heavy atom. The summed E-state index contributed by atoms with van der Waals surface area (Å²) in [6.45, 7) is 0. The summed E-state index contributed by atoms with van der Waals surface area (Å²) in [5.41, 5.74) is 3.57. The Kier molecular flexibility index (Phi) is 4.04. The van der Waals surface area contributed by atoms with Crippen LogP contribution in [0.4, 0.5) is 11.4 Å². The number of nitriles is 1. The van der Waals surface area contributed by atoms with E-state index in [2.05, 4.69) is 10.5 Å². The van der Waals surface area contributed by atoms with Crippen LogP contribution >= 0.6 is 0 Å². The van der Waals surface area contributed by atoms with Gasteiger partial charge in [0.05, 0.1) is 22.4 Å². The van der Waals surface area contributed by atoms with Crippen molar-refractivity contribution < 1.29 is 4.92 Å². The molecule has 20 heavy (non-hydrogen) atoms. The van der Waals surface area contributed by atoms with Gasteiger partial charge in [-0.3, -0.25) is 15.5 Å². The van der Waals surface area contributed by atoms with Crippen molar-refractivity contribution >= 4 is 17.6 Å². The molecule has 0 spiro atoms. The van der Waals surface area contributed by atoms with Gasteiger partial charge in [-0.1, -0.05) is 24.3 Å². The van der Waals surface area contributed by atoms with Crippen molar-refractivity contribution in [3.05, 3.63) is 69.8 Å². The zero-order valence-electron chi connectivity index (χ0n) is 10.4. The number of nitro groups is 1. The van der Waals surface area contributed by atoms with E-state index >= 15 is 0 Å². The highest BCUT2D eigenvalue weighted by Gasteiger charge is 2.17. The van der Waals surface area contributed by atoms with E-state index in [1.54, 1.807) is 12.1 Å². The van der Waals surface area contributed by atoms with Gasteiger partial charge in [0.25, 0.3) is 5.69 Å². The highest BCUT2D eigenvalue weighted by atomic mass is 16.6. The van der Waals surface area contributed by atoms with Crippen LogP contribution in [0.25, 0.3) is 0 Å². The van der Waals surface area contributed by atoms with Crippen LogP contribution in [0.15, 0.2) is 53.6 Å². The Bertz CT molecular complexity index is 690. The van der Waals surface area contributed by atoms with Crippen molar-refractivity contribution in [3.63, 3.8) is 0 Å². The van der Waals surface area contributed by atoms with E-state index in [9.17, 15) is 10.1 Å². The molecule has 0 saturated carbocycles. The van der Waals surface area contributed by atoms with Gasteiger partial charge < -0.3 is 0 Å². The fourth-order valence-electron chi connectivity index (χ4n) is 1.65. The molecule has 0 heterocycles. The first-order chi connectivity index (χ1) is 9.72. The predicted molar refractivity (Wildman–Crippen MR) is 75.5 cm³/mol. The van der Waals surface area contributed by atoms with E-state index in [-0.39, 0.29) is 16.8 Å². The number of rotatable bonds is 4. The number of benzene rings is 2. The maximum atomic E-state index is 11.0. The Balaban J connectivity index is 2.26. The molecule has 0 fully saturated rings. The number of hydrazone groups is 1. The SMILES string of the molecule is N#Cc1cccc(C=NNc2ccccc2)c1[N+](=O)[O-]. The number of para-hydroxylation sites is 2. The number of anilines is 1. The summed E-state index contributed by atoms with van der Waals surface area (Å²) in [4.78, 5) is 10.4. The average Bonchev–Trinajstić information content (AvgIpc) is 2.47. The molecule has 2 rings (SSSR count). The number of hydrogen-bond acceptors (Lipinski definition) is 5. The summed E-state index contributed by atoms with van der Waals surface area (Å²) >= 11 is 0. The second-order valence-corrected chi connectivity index (χ2v) is 3.85. The van der Waals surface area contributed by atoms with Crippen molar-refractivity contribution in [2.75, 3.05) is 5.43 Å². The van der Waals surface area contributed by atoms with Gasteiger partial charge in [0, 0.05) is 0 Å². The van der Waals surface area contributed by atoms with Gasteiger partial charge in [-0.05, 0) is 24.3 Å². The molecule has 2 aromatic rings. The van der Waals surface area contributed by atoms with E-state index in [1.165, 1.54) is 18.3 Å². The van der Waals surface area contributed by atoms with Gasteiger partial charge >= 0.3 is 0 Å². The molecular weight excluding hydrogens is 256 g/mol. The molecule has 6 heteroatoms. The van der Waals surface area contributed by atoms with E-state index in [1.807, 2.05) is 30.3 Å². The van der Waals surface area contributed by atoms with Crippen LogP contribution in [0.3, 0.4) is 0 Å². The van der Waals surface area contributed by atoms with Crippen LogP contribution in [0.2, 0.25) is 0 Å². The monoisotopic (exact) mass is 266 g/mol. The molecule has 0 unspecified atom stereocenters. The van der Waals surface area contributed by atoms with Crippen molar-refractivity contribution in [1.82, 2.24) is 0 Å². The fourth-order valence-corrected chi connectivity index (χ4v) is 1.65.